The van der Waals surface area contributed by atoms with E-state index < -0.39 is 0 Å². The Morgan fingerprint density at radius 1 is 0.939 bits per heavy atom. The van der Waals surface area contributed by atoms with Crippen LogP contribution in [0.2, 0.25) is 0 Å². The zero-order valence-electron chi connectivity index (χ0n) is 18.7. The maximum absolute atomic E-state index is 15.2. The molecule has 4 rings (SSSR count). The summed E-state index contributed by atoms with van der Waals surface area (Å²) in [5.74, 6) is -0.552. The molecule has 0 unspecified atom stereocenters. The first kappa shape index (κ1) is 23.2. The SMILES string of the molecule is CN1CCN(c2cc(N3CCN(c4cccc(F)c4)CC3)c(F)cc2C=NNC(N)=S)CC1. The second-order valence-corrected chi connectivity index (χ2v) is 8.78. The van der Waals surface area contributed by atoms with Crippen molar-refractivity contribution in [2.24, 2.45) is 10.8 Å². The summed E-state index contributed by atoms with van der Waals surface area (Å²) in [4.78, 5) is 8.71. The van der Waals surface area contributed by atoms with Crippen LogP contribution < -0.4 is 25.9 Å². The highest BCUT2D eigenvalue weighted by Gasteiger charge is 2.24. The molecule has 176 valence electrons. The lowest BCUT2D eigenvalue weighted by atomic mass is 10.1. The summed E-state index contributed by atoms with van der Waals surface area (Å²) in [5, 5.41) is 4.11. The molecule has 7 nitrogen and oxygen atoms in total. The first-order valence-electron chi connectivity index (χ1n) is 11.0. The van der Waals surface area contributed by atoms with E-state index in [1.54, 1.807) is 12.3 Å². The van der Waals surface area contributed by atoms with Crippen molar-refractivity contribution in [2.75, 3.05) is 74.1 Å². The van der Waals surface area contributed by atoms with Gasteiger partial charge in [-0.3, -0.25) is 5.43 Å². The molecule has 0 saturated carbocycles. The van der Waals surface area contributed by atoms with Crippen molar-refractivity contribution in [1.29, 1.82) is 0 Å². The number of nitrogens with one attached hydrogen (secondary N) is 1. The van der Waals surface area contributed by atoms with Crippen molar-refractivity contribution in [3.05, 3.63) is 53.6 Å². The number of anilines is 3. The molecule has 0 atom stereocenters. The van der Waals surface area contributed by atoms with Crippen LogP contribution in [0.4, 0.5) is 25.8 Å². The van der Waals surface area contributed by atoms with Crippen LogP contribution >= 0.6 is 12.2 Å². The fourth-order valence-corrected chi connectivity index (χ4v) is 4.33. The maximum atomic E-state index is 15.2. The number of hydrogen-bond donors (Lipinski definition) is 2. The summed E-state index contributed by atoms with van der Waals surface area (Å²) in [5.41, 5.74) is 11.0. The van der Waals surface area contributed by atoms with Crippen molar-refractivity contribution in [3.63, 3.8) is 0 Å². The first-order chi connectivity index (χ1) is 15.9. The van der Waals surface area contributed by atoms with Gasteiger partial charge in [0, 0.05) is 69.3 Å². The molecule has 2 aromatic carbocycles. The van der Waals surface area contributed by atoms with Crippen molar-refractivity contribution in [3.8, 4) is 0 Å². The molecule has 0 aromatic heterocycles. The fourth-order valence-electron chi connectivity index (χ4n) is 4.28. The van der Waals surface area contributed by atoms with Gasteiger partial charge in [-0.2, -0.15) is 5.10 Å². The van der Waals surface area contributed by atoms with E-state index >= 15 is 4.39 Å². The topological polar surface area (TPSA) is 63.4 Å². The van der Waals surface area contributed by atoms with Gasteiger partial charge in [0.05, 0.1) is 11.9 Å². The van der Waals surface area contributed by atoms with Crippen molar-refractivity contribution in [2.45, 2.75) is 0 Å². The van der Waals surface area contributed by atoms with Crippen LogP contribution in [0.5, 0.6) is 0 Å². The molecule has 10 heteroatoms. The Morgan fingerprint density at radius 2 is 1.58 bits per heavy atom. The highest BCUT2D eigenvalue weighted by Crippen LogP contribution is 2.31. The lowest BCUT2D eigenvalue weighted by molar-refractivity contribution is 0.313. The van der Waals surface area contributed by atoms with Gasteiger partial charge in [0.15, 0.2) is 5.11 Å². The number of thiocarbonyl (C=S) groups is 1. The van der Waals surface area contributed by atoms with Crippen LogP contribution in [0.3, 0.4) is 0 Å². The smallest absolute Gasteiger partial charge is 0.184 e. The first-order valence-corrected chi connectivity index (χ1v) is 11.4. The Kier molecular flexibility index (Phi) is 7.24. The van der Waals surface area contributed by atoms with Gasteiger partial charge in [0.2, 0.25) is 0 Å². The quantitative estimate of drug-likeness (QED) is 0.392. The largest absolute Gasteiger partial charge is 0.375 e. The van der Waals surface area contributed by atoms with Crippen molar-refractivity contribution >= 4 is 40.6 Å². The molecule has 2 heterocycles. The lowest BCUT2D eigenvalue weighted by Crippen LogP contribution is -2.47. The van der Waals surface area contributed by atoms with Gasteiger partial charge in [-0.1, -0.05) is 6.07 Å². The summed E-state index contributed by atoms with van der Waals surface area (Å²) in [6.07, 6.45) is 1.56. The Morgan fingerprint density at radius 3 is 2.24 bits per heavy atom. The zero-order chi connectivity index (χ0) is 23.4. The van der Waals surface area contributed by atoms with Gasteiger partial charge in [0.1, 0.15) is 11.6 Å². The number of halogens is 2. The van der Waals surface area contributed by atoms with E-state index in [4.69, 9.17) is 18.0 Å². The Bertz CT molecular complexity index is 1020. The second-order valence-electron chi connectivity index (χ2n) is 8.34. The van der Waals surface area contributed by atoms with Crippen molar-refractivity contribution < 1.29 is 8.78 Å². The molecule has 0 spiro atoms. The van der Waals surface area contributed by atoms with Gasteiger partial charge < -0.3 is 25.3 Å². The number of hydrazone groups is 1. The number of piperazine rings is 2. The van der Waals surface area contributed by atoms with E-state index in [-0.39, 0.29) is 16.7 Å². The van der Waals surface area contributed by atoms with Crippen LogP contribution in [0.25, 0.3) is 0 Å². The third kappa shape index (κ3) is 5.69. The summed E-state index contributed by atoms with van der Waals surface area (Å²) in [7, 11) is 2.10. The number of benzene rings is 2. The predicted molar refractivity (Wildman–Crippen MR) is 134 cm³/mol. The lowest BCUT2D eigenvalue weighted by Gasteiger charge is -2.39. The van der Waals surface area contributed by atoms with E-state index in [2.05, 4.69) is 37.2 Å². The normalized spacial score (nSPS) is 17.6. The minimum absolute atomic E-state index is 0.0562. The predicted octanol–water partition coefficient (Wildman–Crippen LogP) is 2.21. The molecule has 0 bridgehead atoms. The molecule has 2 aliphatic heterocycles. The standard InChI is InChI=1S/C23H29F2N7S/c1-29-5-7-31(8-6-29)21-15-22(20(25)13-17(21)16-27-28-23(26)33)32-11-9-30(10-12-32)19-4-2-3-18(24)14-19/h2-4,13-16H,5-12H2,1H3,(H3,26,28,33). The third-order valence-electron chi connectivity index (χ3n) is 6.11. The van der Waals surface area contributed by atoms with Crippen LogP contribution in [0, 0.1) is 11.6 Å². The molecule has 2 aromatic rings. The molecule has 0 radical (unpaired) electrons. The number of likely N-dealkylation sites (N-methyl/N-ethyl adjacent to an activating group) is 1. The molecule has 0 amide bonds. The van der Waals surface area contributed by atoms with Gasteiger partial charge >= 0.3 is 0 Å². The van der Waals surface area contributed by atoms with E-state index in [0.29, 0.717) is 37.4 Å². The number of hydrogen-bond acceptors (Lipinski definition) is 6. The van der Waals surface area contributed by atoms with Crippen LogP contribution in [0.1, 0.15) is 5.56 Å². The van der Waals surface area contributed by atoms with Gasteiger partial charge in [-0.05, 0) is 49.6 Å². The highest BCUT2D eigenvalue weighted by molar-refractivity contribution is 7.80. The average Bonchev–Trinajstić information content (AvgIpc) is 2.80. The summed E-state index contributed by atoms with van der Waals surface area (Å²) in [6, 6.07) is 10.0. The second kappa shape index (κ2) is 10.3. The number of nitrogens with zero attached hydrogens (tertiary/aromatic N) is 5. The summed E-state index contributed by atoms with van der Waals surface area (Å²) in [6.45, 7) is 6.22. The van der Waals surface area contributed by atoms with Gasteiger partial charge in [0.25, 0.3) is 0 Å². The average molecular weight is 474 g/mol. The summed E-state index contributed by atoms with van der Waals surface area (Å²) < 4.78 is 28.8. The van der Waals surface area contributed by atoms with E-state index in [1.807, 2.05) is 12.1 Å². The van der Waals surface area contributed by atoms with Crippen LogP contribution in [-0.2, 0) is 0 Å². The maximum Gasteiger partial charge on any atom is 0.184 e. The minimum atomic E-state index is -0.302. The number of rotatable bonds is 5. The Labute approximate surface area is 198 Å². The van der Waals surface area contributed by atoms with E-state index in [0.717, 1.165) is 37.6 Å². The molecule has 33 heavy (non-hydrogen) atoms. The molecule has 3 N–H and O–H groups in total. The monoisotopic (exact) mass is 473 g/mol. The molecular formula is C23H29F2N7S. The minimum Gasteiger partial charge on any atom is -0.375 e. The molecule has 2 fully saturated rings. The van der Waals surface area contributed by atoms with Crippen LogP contribution in [-0.4, -0.2) is 75.6 Å². The van der Waals surface area contributed by atoms with Crippen molar-refractivity contribution in [1.82, 2.24) is 10.3 Å². The molecule has 2 aliphatic rings. The third-order valence-corrected chi connectivity index (χ3v) is 6.20. The molecule has 2 saturated heterocycles. The zero-order valence-corrected chi connectivity index (χ0v) is 19.5. The molecule has 0 aliphatic carbocycles. The van der Waals surface area contributed by atoms with Crippen LogP contribution in [0.15, 0.2) is 41.5 Å². The van der Waals surface area contributed by atoms with E-state index in [1.165, 1.54) is 18.2 Å². The Balaban J connectivity index is 1.56. The fraction of sp³-hybridized carbons (Fsp3) is 0.391. The summed E-state index contributed by atoms with van der Waals surface area (Å²) >= 11 is 4.80. The van der Waals surface area contributed by atoms with Gasteiger partial charge in [-0.25, -0.2) is 8.78 Å². The molecular weight excluding hydrogens is 444 g/mol. The number of nitrogens with two attached hydrogens (primary N) is 1. The van der Waals surface area contributed by atoms with E-state index in [9.17, 15) is 4.39 Å². The highest BCUT2D eigenvalue weighted by atomic mass is 32.1. The Hall–Kier alpha value is -2.98. The van der Waals surface area contributed by atoms with Gasteiger partial charge in [-0.15, -0.1) is 0 Å².